The van der Waals surface area contributed by atoms with Crippen LogP contribution < -0.4 is 5.32 Å². The van der Waals surface area contributed by atoms with Crippen molar-refractivity contribution in [2.24, 2.45) is 0 Å². The van der Waals surface area contributed by atoms with Gasteiger partial charge in [0.05, 0.1) is 16.3 Å². The van der Waals surface area contributed by atoms with Crippen LogP contribution in [0, 0.1) is 6.92 Å². The highest BCUT2D eigenvalue weighted by Gasteiger charge is 2.36. The smallest absolute Gasteiger partial charge is 0.319 e. The number of nitrogens with one attached hydrogen (secondary N) is 1. The van der Waals surface area contributed by atoms with E-state index in [2.05, 4.69) is 15.3 Å². The molecule has 3 heterocycles. The molecule has 0 saturated carbocycles. The lowest BCUT2D eigenvalue weighted by atomic mass is 10.1. The minimum absolute atomic E-state index is 0.137. The molecule has 4 nitrogen and oxygen atoms in total. The van der Waals surface area contributed by atoms with Crippen LogP contribution in [0.15, 0.2) is 48.1 Å². The van der Waals surface area contributed by atoms with Crippen molar-refractivity contribution in [3.8, 4) is 11.3 Å². The van der Waals surface area contributed by atoms with Crippen molar-refractivity contribution in [3.63, 3.8) is 0 Å². The van der Waals surface area contributed by atoms with Gasteiger partial charge < -0.3 is 5.32 Å². The Kier molecular flexibility index (Phi) is 4.54. The molecule has 3 aromatic rings. The first-order valence-electron chi connectivity index (χ1n) is 7.20. The molecule has 0 aromatic carbocycles. The Morgan fingerprint density at radius 1 is 1.20 bits per heavy atom. The van der Waals surface area contributed by atoms with Gasteiger partial charge in [0.1, 0.15) is 0 Å². The first kappa shape index (κ1) is 17.1. The van der Waals surface area contributed by atoms with Crippen LogP contribution in [0.4, 0.5) is 18.9 Å². The number of aromatic nitrogens is 2. The molecule has 0 radical (unpaired) electrons. The summed E-state index contributed by atoms with van der Waals surface area (Å²) >= 11 is 1.14. The van der Waals surface area contributed by atoms with E-state index < -0.39 is 17.8 Å². The number of alkyl halides is 3. The number of rotatable bonds is 3. The molecule has 0 bridgehead atoms. The van der Waals surface area contributed by atoms with Gasteiger partial charge in [-0.3, -0.25) is 9.78 Å². The van der Waals surface area contributed by atoms with E-state index >= 15 is 0 Å². The molecule has 0 spiro atoms. The van der Waals surface area contributed by atoms with E-state index in [1.807, 2.05) is 0 Å². The minimum Gasteiger partial charge on any atom is -0.319 e. The van der Waals surface area contributed by atoms with E-state index in [-0.39, 0.29) is 11.4 Å². The summed E-state index contributed by atoms with van der Waals surface area (Å²) in [5, 5.41) is 3.96. The Morgan fingerprint density at radius 3 is 2.64 bits per heavy atom. The number of aryl methyl sites for hydroxylation is 1. The number of hydrogen-bond acceptors (Lipinski definition) is 4. The van der Waals surface area contributed by atoms with Crippen LogP contribution in [0.25, 0.3) is 11.3 Å². The van der Waals surface area contributed by atoms with Gasteiger partial charge in [0.2, 0.25) is 0 Å². The van der Waals surface area contributed by atoms with Gasteiger partial charge in [0.15, 0.2) is 5.69 Å². The monoisotopic (exact) mass is 363 g/mol. The maximum atomic E-state index is 13.4. The van der Waals surface area contributed by atoms with Gasteiger partial charge in [-0.1, -0.05) is 6.07 Å². The summed E-state index contributed by atoms with van der Waals surface area (Å²) in [6.45, 7) is 1.79. The third-order valence-electron chi connectivity index (χ3n) is 3.33. The highest BCUT2D eigenvalue weighted by atomic mass is 32.1. The lowest BCUT2D eigenvalue weighted by Crippen LogP contribution is -2.17. The van der Waals surface area contributed by atoms with E-state index in [9.17, 15) is 18.0 Å². The molecular formula is C17H12F3N3OS. The van der Waals surface area contributed by atoms with E-state index in [0.29, 0.717) is 10.4 Å². The van der Waals surface area contributed by atoms with Gasteiger partial charge in [-0.2, -0.15) is 13.2 Å². The quantitative estimate of drug-likeness (QED) is 0.728. The third-order valence-corrected chi connectivity index (χ3v) is 4.20. The van der Waals surface area contributed by atoms with Crippen molar-refractivity contribution in [2.75, 3.05) is 5.32 Å². The van der Waals surface area contributed by atoms with Gasteiger partial charge in [-0.15, -0.1) is 11.3 Å². The van der Waals surface area contributed by atoms with Crippen molar-refractivity contribution in [3.05, 3.63) is 64.2 Å². The van der Waals surface area contributed by atoms with Crippen molar-refractivity contribution < 1.29 is 18.0 Å². The van der Waals surface area contributed by atoms with Crippen LogP contribution in [0.5, 0.6) is 0 Å². The number of nitrogens with zero attached hydrogens (tertiary/aromatic N) is 2. The summed E-state index contributed by atoms with van der Waals surface area (Å²) in [6.07, 6.45) is -1.66. The average Bonchev–Trinajstić information content (AvgIpc) is 3.09. The maximum absolute atomic E-state index is 13.4. The van der Waals surface area contributed by atoms with Gasteiger partial charge in [0, 0.05) is 18.0 Å². The molecule has 0 aliphatic rings. The molecule has 0 fully saturated rings. The van der Waals surface area contributed by atoms with E-state index in [1.165, 1.54) is 24.4 Å². The molecular weight excluding hydrogens is 351 g/mol. The van der Waals surface area contributed by atoms with Gasteiger partial charge in [-0.05, 0) is 42.1 Å². The van der Waals surface area contributed by atoms with Crippen LogP contribution in [-0.4, -0.2) is 15.9 Å². The molecule has 1 amide bonds. The molecule has 25 heavy (non-hydrogen) atoms. The third kappa shape index (κ3) is 3.85. The Bertz CT molecular complexity index is 908. The summed E-state index contributed by atoms with van der Waals surface area (Å²) in [7, 11) is 0. The number of carbonyl (C=O) groups is 1. The fraction of sp³-hybridized carbons (Fsp3) is 0.118. The first-order valence-corrected chi connectivity index (χ1v) is 8.07. The normalized spacial score (nSPS) is 11.4. The predicted molar refractivity (Wildman–Crippen MR) is 89.5 cm³/mol. The fourth-order valence-electron chi connectivity index (χ4n) is 2.22. The lowest BCUT2D eigenvalue weighted by Gasteiger charge is -2.14. The number of hydrogen-bond donors (Lipinski definition) is 1. The molecule has 1 N–H and O–H groups in total. The number of anilines is 1. The minimum atomic E-state index is -4.70. The van der Waals surface area contributed by atoms with Crippen LogP contribution in [0.2, 0.25) is 0 Å². The van der Waals surface area contributed by atoms with E-state index in [0.717, 1.165) is 16.9 Å². The number of pyridine rings is 2. The molecule has 0 aliphatic heterocycles. The number of amides is 1. The number of halogens is 3. The Hall–Kier alpha value is -2.74. The molecule has 0 unspecified atom stereocenters. The largest absolute Gasteiger partial charge is 0.435 e. The summed E-state index contributed by atoms with van der Waals surface area (Å²) in [5.41, 5.74) is -0.103. The second-order valence-corrected chi connectivity index (χ2v) is 6.22. The molecule has 0 saturated heterocycles. The van der Waals surface area contributed by atoms with Crippen molar-refractivity contribution in [1.82, 2.24) is 9.97 Å². The molecule has 3 rings (SSSR count). The molecule has 0 aliphatic carbocycles. The zero-order valence-corrected chi connectivity index (χ0v) is 13.8. The SMILES string of the molecule is Cc1cncc(-c2ccc(NC(=O)c3cccs3)c(C(F)(F)F)n2)c1. The maximum Gasteiger partial charge on any atom is 0.435 e. The highest BCUT2D eigenvalue weighted by Crippen LogP contribution is 2.35. The Labute approximate surface area is 145 Å². The topological polar surface area (TPSA) is 54.9 Å². The van der Waals surface area contributed by atoms with E-state index in [1.54, 1.807) is 30.6 Å². The van der Waals surface area contributed by atoms with E-state index in [4.69, 9.17) is 0 Å². The van der Waals surface area contributed by atoms with Crippen LogP contribution >= 0.6 is 11.3 Å². The number of thiophene rings is 1. The highest BCUT2D eigenvalue weighted by molar-refractivity contribution is 7.12. The zero-order chi connectivity index (χ0) is 18.0. The predicted octanol–water partition coefficient (Wildman–Crippen LogP) is 4.78. The lowest BCUT2D eigenvalue weighted by molar-refractivity contribution is -0.140. The summed E-state index contributed by atoms with van der Waals surface area (Å²) < 4.78 is 40.2. The standard InChI is InChI=1S/C17H12F3N3OS/c1-10-7-11(9-21-8-10)12-4-5-13(15(22-12)17(18,19)20)23-16(24)14-3-2-6-25-14/h2-9H,1H3,(H,23,24). The second kappa shape index (κ2) is 6.64. The first-order chi connectivity index (χ1) is 11.8. The summed E-state index contributed by atoms with van der Waals surface area (Å²) in [6, 6.07) is 7.51. The Morgan fingerprint density at radius 2 is 2.00 bits per heavy atom. The molecule has 8 heteroatoms. The van der Waals surface area contributed by atoms with Crippen molar-refractivity contribution >= 4 is 22.9 Å². The molecule has 0 atom stereocenters. The van der Waals surface area contributed by atoms with Gasteiger partial charge in [-0.25, -0.2) is 4.98 Å². The fourth-order valence-corrected chi connectivity index (χ4v) is 2.84. The Balaban J connectivity index is 2.00. The second-order valence-electron chi connectivity index (χ2n) is 5.27. The van der Waals surface area contributed by atoms with Crippen molar-refractivity contribution in [1.29, 1.82) is 0 Å². The van der Waals surface area contributed by atoms with Crippen molar-refractivity contribution in [2.45, 2.75) is 13.1 Å². The molecule has 3 aromatic heterocycles. The number of carbonyl (C=O) groups excluding carboxylic acids is 1. The zero-order valence-electron chi connectivity index (χ0n) is 13.0. The summed E-state index contributed by atoms with van der Waals surface area (Å²) in [4.78, 5) is 20.0. The van der Waals surface area contributed by atoms with Gasteiger partial charge >= 0.3 is 6.18 Å². The van der Waals surface area contributed by atoms with Crippen LogP contribution in [0.1, 0.15) is 20.9 Å². The summed E-state index contributed by atoms with van der Waals surface area (Å²) in [5.74, 6) is -0.604. The molecule has 128 valence electrons. The average molecular weight is 363 g/mol. The van der Waals surface area contributed by atoms with Crippen LogP contribution in [0.3, 0.4) is 0 Å². The van der Waals surface area contributed by atoms with Gasteiger partial charge in [0.25, 0.3) is 5.91 Å². The van der Waals surface area contributed by atoms with Crippen LogP contribution in [-0.2, 0) is 6.18 Å².